The molecule has 0 bridgehead atoms. The van der Waals surface area contributed by atoms with Crippen molar-refractivity contribution in [2.75, 3.05) is 0 Å². The Balaban J connectivity index is 0.00000147. The smallest absolute Gasteiger partial charge is 0.392 e. The third-order valence-electron chi connectivity index (χ3n) is 3.15. The van der Waals surface area contributed by atoms with Gasteiger partial charge in [-0.1, -0.05) is 6.07 Å². The second kappa shape index (κ2) is 5.54. The molecule has 6 heteroatoms. The maximum absolute atomic E-state index is 10.8. The molecule has 0 spiro atoms. The Morgan fingerprint density at radius 1 is 1.45 bits per heavy atom. The number of rotatable bonds is 3. The summed E-state index contributed by atoms with van der Waals surface area (Å²) in [6, 6.07) is 7.48. The summed E-state index contributed by atoms with van der Waals surface area (Å²) in [7, 11) is 0. The SMILES string of the molecule is N#Cc1ccc(C2CC2)c(-c2cnc(C(=O)O)o2)c1.[Li]. The molecule has 20 heavy (non-hydrogen) atoms. The van der Waals surface area contributed by atoms with E-state index in [-0.39, 0.29) is 24.8 Å². The molecule has 1 aromatic carbocycles. The molecule has 1 radical (unpaired) electrons. The van der Waals surface area contributed by atoms with Gasteiger partial charge in [-0.2, -0.15) is 5.26 Å². The predicted octanol–water partition coefficient (Wildman–Crippen LogP) is 2.41. The first-order valence-electron chi connectivity index (χ1n) is 5.92. The van der Waals surface area contributed by atoms with Crippen LogP contribution in [0.25, 0.3) is 11.3 Å². The zero-order valence-electron chi connectivity index (χ0n) is 11.0. The summed E-state index contributed by atoms with van der Waals surface area (Å²) in [4.78, 5) is 14.5. The molecule has 3 rings (SSSR count). The van der Waals surface area contributed by atoms with Gasteiger partial charge in [-0.3, -0.25) is 0 Å². The van der Waals surface area contributed by atoms with Gasteiger partial charge in [0.2, 0.25) is 0 Å². The Kier molecular flexibility index (Phi) is 3.99. The van der Waals surface area contributed by atoms with E-state index in [1.165, 1.54) is 6.20 Å². The average Bonchev–Trinajstić information content (AvgIpc) is 3.14. The second-order valence-electron chi connectivity index (χ2n) is 4.52. The van der Waals surface area contributed by atoms with Crippen LogP contribution in [0.5, 0.6) is 0 Å². The van der Waals surface area contributed by atoms with Gasteiger partial charge in [-0.05, 0) is 36.5 Å². The maximum Gasteiger partial charge on any atom is 0.392 e. The number of aromatic nitrogens is 1. The number of carboxylic acid groups (broad SMARTS) is 1. The van der Waals surface area contributed by atoms with Gasteiger partial charge in [0.05, 0.1) is 17.8 Å². The van der Waals surface area contributed by atoms with Crippen molar-refractivity contribution in [3.05, 3.63) is 41.4 Å². The predicted molar refractivity (Wildman–Crippen MR) is 71.3 cm³/mol. The van der Waals surface area contributed by atoms with Gasteiger partial charge in [0.25, 0.3) is 0 Å². The van der Waals surface area contributed by atoms with E-state index in [2.05, 4.69) is 11.1 Å². The fraction of sp³-hybridized carbons (Fsp3) is 0.214. The van der Waals surface area contributed by atoms with Crippen LogP contribution in [0.15, 0.2) is 28.8 Å². The van der Waals surface area contributed by atoms with E-state index in [0.717, 1.165) is 24.0 Å². The molecule has 1 saturated carbocycles. The van der Waals surface area contributed by atoms with Crippen LogP contribution in [-0.4, -0.2) is 34.9 Å². The first kappa shape index (κ1) is 14.4. The van der Waals surface area contributed by atoms with Gasteiger partial charge in [-0.15, -0.1) is 0 Å². The molecule has 1 N–H and O–H groups in total. The number of benzene rings is 1. The minimum Gasteiger partial charge on any atom is -0.474 e. The van der Waals surface area contributed by atoms with Gasteiger partial charge in [0.15, 0.2) is 5.76 Å². The van der Waals surface area contributed by atoms with Gasteiger partial charge in [0.1, 0.15) is 0 Å². The summed E-state index contributed by atoms with van der Waals surface area (Å²) in [5.41, 5.74) is 2.38. The number of oxazole rings is 1. The van der Waals surface area contributed by atoms with Crippen LogP contribution in [0.2, 0.25) is 0 Å². The zero-order chi connectivity index (χ0) is 13.4. The molecule has 0 unspecified atom stereocenters. The van der Waals surface area contributed by atoms with E-state index in [0.29, 0.717) is 17.2 Å². The molecule has 0 aliphatic heterocycles. The second-order valence-corrected chi connectivity index (χ2v) is 4.52. The van der Waals surface area contributed by atoms with Crippen molar-refractivity contribution in [2.45, 2.75) is 18.8 Å². The van der Waals surface area contributed by atoms with E-state index >= 15 is 0 Å². The fourth-order valence-corrected chi connectivity index (χ4v) is 2.09. The minimum absolute atomic E-state index is 0. The van der Waals surface area contributed by atoms with E-state index in [1.807, 2.05) is 6.07 Å². The Morgan fingerprint density at radius 3 is 2.75 bits per heavy atom. The molecule has 1 heterocycles. The summed E-state index contributed by atoms with van der Waals surface area (Å²) >= 11 is 0. The molecule has 1 aliphatic rings. The average molecular weight is 261 g/mol. The summed E-state index contributed by atoms with van der Waals surface area (Å²) < 4.78 is 5.23. The van der Waals surface area contributed by atoms with E-state index in [1.54, 1.807) is 12.1 Å². The van der Waals surface area contributed by atoms with Crippen molar-refractivity contribution in [1.29, 1.82) is 5.26 Å². The van der Waals surface area contributed by atoms with Crippen LogP contribution in [-0.2, 0) is 0 Å². The third-order valence-corrected chi connectivity index (χ3v) is 3.15. The molecule has 95 valence electrons. The number of nitrogens with zero attached hydrogens (tertiary/aromatic N) is 2. The Morgan fingerprint density at radius 2 is 2.20 bits per heavy atom. The van der Waals surface area contributed by atoms with Crippen LogP contribution in [0.4, 0.5) is 0 Å². The zero-order valence-corrected chi connectivity index (χ0v) is 11.0. The van der Waals surface area contributed by atoms with Gasteiger partial charge < -0.3 is 9.52 Å². The first-order valence-corrected chi connectivity index (χ1v) is 5.92. The molecule has 0 atom stereocenters. The number of aromatic carboxylic acids is 1. The number of carboxylic acids is 1. The van der Waals surface area contributed by atoms with Crippen LogP contribution in [0.3, 0.4) is 0 Å². The normalized spacial score (nSPS) is 13.3. The number of hydrogen-bond acceptors (Lipinski definition) is 4. The van der Waals surface area contributed by atoms with Crippen molar-refractivity contribution in [1.82, 2.24) is 4.98 Å². The monoisotopic (exact) mass is 261 g/mol. The molecular formula is C14H10LiN2O3. The molecule has 0 saturated heterocycles. The van der Waals surface area contributed by atoms with Gasteiger partial charge in [-0.25, -0.2) is 9.78 Å². The Hall–Kier alpha value is -2.01. The van der Waals surface area contributed by atoms with Gasteiger partial charge >= 0.3 is 11.9 Å². The first-order chi connectivity index (χ1) is 9.19. The van der Waals surface area contributed by atoms with Crippen molar-refractivity contribution >= 4 is 24.8 Å². The fourth-order valence-electron chi connectivity index (χ4n) is 2.09. The largest absolute Gasteiger partial charge is 0.474 e. The van der Waals surface area contributed by atoms with Crippen LogP contribution in [0.1, 0.15) is 40.6 Å². The van der Waals surface area contributed by atoms with E-state index < -0.39 is 5.97 Å². The minimum atomic E-state index is -1.20. The van der Waals surface area contributed by atoms with Crippen LogP contribution < -0.4 is 0 Å². The van der Waals surface area contributed by atoms with Gasteiger partial charge in [0, 0.05) is 24.4 Å². The number of carbonyl (C=O) groups is 1. The van der Waals surface area contributed by atoms with Crippen molar-refractivity contribution in [3.63, 3.8) is 0 Å². The number of hydrogen-bond donors (Lipinski definition) is 1. The molecule has 1 fully saturated rings. The quantitative estimate of drug-likeness (QED) is 0.857. The maximum atomic E-state index is 10.8. The molecule has 2 aromatic rings. The topological polar surface area (TPSA) is 87.1 Å². The summed E-state index contributed by atoms with van der Waals surface area (Å²) in [6.07, 6.45) is 3.61. The molecule has 5 nitrogen and oxygen atoms in total. The number of nitriles is 1. The standard InChI is InChI=1S/C14H10N2O3.Li/c15-6-8-1-4-10(9-2-3-9)11(5-8)12-7-16-13(19-12)14(17)18;/h1,4-5,7,9H,2-3H2,(H,17,18);. The van der Waals surface area contributed by atoms with E-state index in [9.17, 15) is 4.79 Å². The van der Waals surface area contributed by atoms with Crippen LogP contribution in [0, 0.1) is 11.3 Å². The molecule has 0 amide bonds. The Labute approximate surface area is 127 Å². The van der Waals surface area contributed by atoms with Crippen LogP contribution >= 0.6 is 0 Å². The van der Waals surface area contributed by atoms with Crippen molar-refractivity contribution < 1.29 is 14.3 Å². The van der Waals surface area contributed by atoms with Crippen molar-refractivity contribution in [2.24, 2.45) is 0 Å². The Bertz CT molecular complexity index is 699. The molecular weight excluding hydrogens is 251 g/mol. The molecule has 1 aliphatic carbocycles. The van der Waals surface area contributed by atoms with Crippen molar-refractivity contribution in [3.8, 4) is 17.4 Å². The summed E-state index contributed by atoms with van der Waals surface area (Å²) in [6.45, 7) is 0. The summed E-state index contributed by atoms with van der Waals surface area (Å²) in [5.74, 6) is -0.660. The molecule has 1 aromatic heterocycles. The third kappa shape index (κ3) is 2.62. The summed E-state index contributed by atoms with van der Waals surface area (Å²) in [5, 5.41) is 17.8. The van der Waals surface area contributed by atoms with E-state index in [4.69, 9.17) is 14.8 Å².